The van der Waals surface area contributed by atoms with E-state index in [1.165, 1.54) is 0 Å². The van der Waals surface area contributed by atoms with Crippen LogP contribution in [0.3, 0.4) is 0 Å². The molecule has 0 aromatic carbocycles. The molecule has 1 unspecified atom stereocenters. The average molecular weight is 240 g/mol. The van der Waals surface area contributed by atoms with Crippen LogP contribution in [0.25, 0.3) is 0 Å². The Morgan fingerprint density at radius 1 is 1.53 bits per heavy atom. The zero-order valence-electron chi connectivity index (χ0n) is 8.01. The van der Waals surface area contributed by atoms with Gasteiger partial charge in [-0.15, -0.1) is 0 Å². The molecule has 0 saturated carbocycles. The maximum atomic E-state index is 12.1. The molecule has 1 aromatic rings. The summed E-state index contributed by atoms with van der Waals surface area (Å²) in [5, 5.41) is 2.94. The maximum absolute atomic E-state index is 12.1. The molecule has 1 heterocycles. The predicted molar refractivity (Wildman–Crippen MR) is 51.7 cm³/mol. The lowest BCUT2D eigenvalue weighted by atomic mass is 10.2. The molecule has 0 aliphatic rings. The van der Waals surface area contributed by atoms with E-state index in [1.54, 1.807) is 0 Å². The number of anilines is 1. The lowest BCUT2D eigenvalue weighted by molar-refractivity contribution is -0.144. The molecule has 1 aromatic heterocycles. The summed E-state index contributed by atoms with van der Waals surface area (Å²) in [7, 11) is 0. The van der Waals surface area contributed by atoms with E-state index >= 15 is 0 Å². The number of hydrogen-bond acceptors (Lipinski definition) is 5. The summed E-state index contributed by atoms with van der Waals surface area (Å²) in [6.45, 7) is 2.23. The quantitative estimate of drug-likeness (QED) is 0.840. The van der Waals surface area contributed by atoms with Crippen molar-refractivity contribution < 1.29 is 13.2 Å². The SMILES string of the molecule is CCC(CN)Nc1nc(C(F)(F)F)ns1. The number of rotatable bonds is 4. The Hall–Kier alpha value is -0.890. The molecule has 1 atom stereocenters. The van der Waals surface area contributed by atoms with Gasteiger partial charge in [0, 0.05) is 24.1 Å². The van der Waals surface area contributed by atoms with Gasteiger partial charge in [0.2, 0.25) is 11.0 Å². The number of hydrogen-bond donors (Lipinski definition) is 2. The summed E-state index contributed by atoms with van der Waals surface area (Å²) >= 11 is 0.688. The van der Waals surface area contributed by atoms with Gasteiger partial charge in [0.15, 0.2) is 0 Å². The molecule has 8 heteroatoms. The minimum absolute atomic E-state index is 0.0703. The second-order valence-electron chi connectivity index (χ2n) is 2.91. The van der Waals surface area contributed by atoms with Gasteiger partial charge in [-0.1, -0.05) is 6.92 Å². The summed E-state index contributed by atoms with van der Waals surface area (Å²) in [5.74, 6) is -1.11. The van der Waals surface area contributed by atoms with E-state index in [-0.39, 0.29) is 11.2 Å². The van der Waals surface area contributed by atoms with Crippen molar-refractivity contribution in [3.63, 3.8) is 0 Å². The van der Waals surface area contributed by atoms with Crippen LogP contribution in [-0.4, -0.2) is 21.9 Å². The minimum Gasteiger partial charge on any atom is -0.356 e. The highest BCUT2D eigenvalue weighted by molar-refractivity contribution is 7.09. The molecule has 1 rings (SSSR count). The maximum Gasteiger partial charge on any atom is 0.452 e. The molecule has 86 valence electrons. The summed E-state index contributed by atoms with van der Waals surface area (Å²) < 4.78 is 39.6. The standard InChI is InChI=1S/C7H11F3N4S/c1-2-4(3-11)12-6-13-5(14-15-6)7(8,9)10/h4H,2-3,11H2,1H3,(H,12,13,14). The van der Waals surface area contributed by atoms with Gasteiger partial charge in [-0.2, -0.15) is 22.5 Å². The first-order valence-corrected chi connectivity index (χ1v) is 5.12. The molecule has 0 radical (unpaired) electrons. The summed E-state index contributed by atoms with van der Waals surface area (Å²) in [6.07, 6.45) is -3.77. The van der Waals surface area contributed by atoms with Crippen molar-refractivity contribution in [2.75, 3.05) is 11.9 Å². The molecule has 0 aliphatic heterocycles. The van der Waals surface area contributed by atoms with Crippen molar-refractivity contribution in [3.05, 3.63) is 5.82 Å². The number of nitrogens with one attached hydrogen (secondary N) is 1. The topological polar surface area (TPSA) is 63.8 Å². The van der Waals surface area contributed by atoms with E-state index in [2.05, 4.69) is 14.7 Å². The van der Waals surface area contributed by atoms with Crippen LogP contribution < -0.4 is 11.1 Å². The van der Waals surface area contributed by atoms with E-state index in [1.807, 2.05) is 6.92 Å². The van der Waals surface area contributed by atoms with Gasteiger partial charge >= 0.3 is 6.18 Å². The molecule has 0 spiro atoms. The lowest BCUT2D eigenvalue weighted by Crippen LogP contribution is -2.27. The fraction of sp³-hybridized carbons (Fsp3) is 0.714. The van der Waals surface area contributed by atoms with Crippen LogP contribution >= 0.6 is 11.5 Å². The van der Waals surface area contributed by atoms with E-state index in [0.29, 0.717) is 18.1 Å². The molecule has 0 bridgehead atoms. The highest BCUT2D eigenvalue weighted by atomic mass is 32.1. The highest BCUT2D eigenvalue weighted by Gasteiger charge is 2.36. The molecule has 0 aliphatic carbocycles. The first-order chi connectivity index (χ1) is 6.97. The first-order valence-electron chi connectivity index (χ1n) is 4.34. The van der Waals surface area contributed by atoms with Crippen LogP contribution in [0.5, 0.6) is 0 Å². The number of nitrogens with zero attached hydrogens (tertiary/aromatic N) is 2. The fourth-order valence-electron chi connectivity index (χ4n) is 0.900. The molecule has 0 amide bonds. The number of aromatic nitrogens is 2. The molecular weight excluding hydrogens is 229 g/mol. The Labute approximate surface area is 88.9 Å². The highest BCUT2D eigenvalue weighted by Crippen LogP contribution is 2.29. The molecule has 15 heavy (non-hydrogen) atoms. The van der Waals surface area contributed by atoms with Crippen molar-refractivity contribution in [3.8, 4) is 0 Å². The molecule has 4 nitrogen and oxygen atoms in total. The first kappa shape index (κ1) is 12.2. The number of nitrogens with two attached hydrogens (primary N) is 1. The Morgan fingerprint density at radius 3 is 2.60 bits per heavy atom. The zero-order valence-corrected chi connectivity index (χ0v) is 8.82. The monoisotopic (exact) mass is 240 g/mol. The third-order valence-corrected chi connectivity index (χ3v) is 2.43. The van der Waals surface area contributed by atoms with Crippen molar-refractivity contribution in [1.29, 1.82) is 0 Å². The van der Waals surface area contributed by atoms with Gasteiger partial charge in [0.25, 0.3) is 0 Å². The van der Waals surface area contributed by atoms with Gasteiger partial charge in [-0.05, 0) is 6.42 Å². The van der Waals surface area contributed by atoms with Gasteiger partial charge in [0.05, 0.1) is 0 Å². The predicted octanol–water partition coefficient (Wildman–Crippen LogP) is 1.71. The van der Waals surface area contributed by atoms with Crippen molar-refractivity contribution in [1.82, 2.24) is 9.36 Å². The van der Waals surface area contributed by atoms with Crippen molar-refractivity contribution >= 4 is 16.7 Å². The smallest absolute Gasteiger partial charge is 0.356 e. The van der Waals surface area contributed by atoms with Crippen LogP contribution in [0.1, 0.15) is 19.2 Å². The van der Waals surface area contributed by atoms with Crippen molar-refractivity contribution in [2.24, 2.45) is 5.73 Å². The van der Waals surface area contributed by atoms with Crippen LogP contribution in [0, 0.1) is 0 Å². The third-order valence-electron chi connectivity index (χ3n) is 1.78. The molecule has 3 N–H and O–H groups in total. The fourth-order valence-corrected chi connectivity index (χ4v) is 1.56. The van der Waals surface area contributed by atoms with Crippen LogP contribution in [0.15, 0.2) is 0 Å². The molecular formula is C7H11F3N4S. The van der Waals surface area contributed by atoms with Gasteiger partial charge in [-0.25, -0.2) is 0 Å². The Morgan fingerprint density at radius 2 is 2.20 bits per heavy atom. The summed E-state index contributed by atoms with van der Waals surface area (Å²) in [4.78, 5) is 3.33. The van der Waals surface area contributed by atoms with Gasteiger partial charge < -0.3 is 11.1 Å². The summed E-state index contributed by atoms with van der Waals surface area (Å²) in [5.41, 5.74) is 5.40. The zero-order chi connectivity index (χ0) is 11.5. The van der Waals surface area contributed by atoms with Crippen LogP contribution in [0.2, 0.25) is 0 Å². The summed E-state index contributed by atoms with van der Waals surface area (Å²) in [6, 6.07) is -0.0703. The second-order valence-corrected chi connectivity index (χ2v) is 3.66. The second kappa shape index (κ2) is 4.75. The average Bonchev–Trinajstić information content (AvgIpc) is 2.61. The number of halogens is 3. The largest absolute Gasteiger partial charge is 0.452 e. The number of alkyl halides is 3. The molecule has 0 saturated heterocycles. The Bertz CT molecular complexity index is 307. The van der Waals surface area contributed by atoms with E-state index in [4.69, 9.17) is 5.73 Å². The lowest BCUT2D eigenvalue weighted by Gasteiger charge is -2.12. The Kier molecular flexibility index (Phi) is 3.86. The van der Waals surface area contributed by atoms with Gasteiger partial charge in [0.1, 0.15) is 0 Å². The van der Waals surface area contributed by atoms with Gasteiger partial charge in [-0.3, -0.25) is 0 Å². The van der Waals surface area contributed by atoms with E-state index in [9.17, 15) is 13.2 Å². The molecule has 0 fully saturated rings. The van der Waals surface area contributed by atoms with E-state index < -0.39 is 12.0 Å². The van der Waals surface area contributed by atoms with Crippen molar-refractivity contribution in [2.45, 2.75) is 25.6 Å². The van der Waals surface area contributed by atoms with E-state index in [0.717, 1.165) is 6.42 Å². The third kappa shape index (κ3) is 3.31. The van der Waals surface area contributed by atoms with Crippen LogP contribution in [-0.2, 0) is 6.18 Å². The Balaban J connectivity index is 2.68. The van der Waals surface area contributed by atoms with Crippen LogP contribution in [0.4, 0.5) is 18.3 Å². The normalized spacial score (nSPS) is 13.9. The minimum atomic E-state index is -4.49.